The molecule has 1 saturated heterocycles. The van der Waals surface area contributed by atoms with E-state index in [1.807, 2.05) is 60.5 Å². The van der Waals surface area contributed by atoms with Crippen LogP contribution < -0.4 is 10.6 Å². The maximum absolute atomic E-state index is 12.8. The number of aryl methyl sites for hydroxylation is 2. The van der Waals surface area contributed by atoms with E-state index in [4.69, 9.17) is 0 Å². The van der Waals surface area contributed by atoms with Crippen molar-refractivity contribution in [2.45, 2.75) is 46.2 Å². The summed E-state index contributed by atoms with van der Waals surface area (Å²) in [6, 6.07) is 10.3. The molecule has 0 atom stereocenters. The highest BCUT2D eigenvalue weighted by Crippen LogP contribution is 2.21. The molecule has 1 amide bonds. The van der Waals surface area contributed by atoms with Gasteiger partial charge in [0.2, 0.25) is 0 Å². The highest BCUT2D eigenvalue weighted by Gasteiger charge is 2.23. The molecule has 0 aliphatic carbocycles. The van der Waals surface area contributed by atoms with Crippen LogP contribution in [0.1, 0.15) is 52.0 Å². The molecule has 2 N–H and O–H groups in total. The number of hydrogen-bond acceptors (Lipinski definition) is 5. The quantitative estimate of drug-likeness (QED) is 0.650. The van der Waals surface area contributed by atoms with Crippen molar-refractivity contribution in [3.05, 3.63) is 58.7 Å². The van der Waals surface area contributed by atoms with Crippen LogP contribution in [0.5, 0.6) is 0 Å². The van der Waals surface area contributed by atoms with Gasteiger partial charge in [-0.25, -0.2) is 9.36 Å². The Kier molecular flexibility index (Phi) is 6.89. The van der Waals surface area contributed by atoms with Gasteiger partial charge >= 0.3 is 0 Å². The minimum absolute atomic E-state index is 0. The molecule has 3 aromatic rings. The number of aromatic nitrogens is 5. The predicted molar refractivity (Wildman–Crippen MR) is 117 cm³/mol. The van der Waals surface area contributed by atoms with Crippen LogP contribution in [0.2, 0.25) is 0 Å². The molecule has 0 radical (unpaired) electrons. The van der Waals surface area contributed by atoms with E-state index in [1.165, 1.54) is 0 Å². The van der Waals surface area contributed by atoms with Crippen LogP contribution in [-0.4, -0.2) is 43.8 Å². The summed E-state index contributed by atoms with van der Waals surface area (Å²) >= 11 is 0. The zero-order chi connectivity index (χ0) is 20.4. The van der Waals surface area contributed by atoms with E-state index in [0.717, 1.165) is 54.3 Å². The second kappa shape index (κ2) is 9.40. The average Bonchev–Trinajstić information content (AvgIpc) is 3.28. The van der Waals surface area contributed by atoms with Gasteiger partial charge < -0.3 is 10.6 Å². The molecule has 2 aromatic heterocycles. The molecule has 1 fully saturated rings. The van der Waals surface area contributed by atoms with Gasteiger partial charge in [0, 0.05) is 12.2 Å². The van der Waals surface area contributed by atoms with E-state index >= 15 is 0 Å². The summed E-state index contributed by atoms with van der Waals surface area (Å²) < 4.78 is 3.81. The van der Waals surface area contributed by atoms with Crippen LogP contribution in [0, 0.1) is 20.8 Å². The molecule has 1 aromatic carbocycles. The number of amides is 1. The summed E-state index contributed by atoms with van der Waals surface area (Å²) in [6.07, 6.45) is 2.00. The highest BCUT2D eigenvalue weighted by molar-refractivity contribution is 5.93. The van der Waals surface area contributed by atoms with Crippen LogP contribution in [0.3, 0.4) is 0 Å². The fourth-order valence-corrected chi connectivity index (χ4v) is 3.95. The molecule has 1 aliphatic heterocycles. The van der Waals surface area contributed by atoms with E-state index in [2.05, 4.69) is 26.0 Å². The van der Waals surface area contributed by atoms with Crippen LogP contribution in [0.25, 0.3) is 5.69 Å². The smallest absolute Gasteiger partial charge is 0.274 e. The molecule has 1 aliphatic rings. The summed E-state index contributed by atoms with van der Waals surface area (Å²) in [5, 5.41) is 19.3. The first-order valence-corrected chi connectivity index (χ1v) is 10.1. The molecule has 160 valence electrons. The summed E-state index contributed by atoms with van der Waals surface area (Å²) in [5.41, 5.74) is 5.20. The lowest BCUT2D eigenvalue weighted by atomic mass is 10.1. The van der Waals surface area contributed by atoms with E-state index < -0.39 is 0 Å². The third-order valence-corrected chi connectivity index (χ3v) is 5.47. The number of piperidine rings is 1. The monoisotopic (exact) mass is 429 g/mol. The first-order chi connectivity index (χ1) is 14.0. The van der Waals surface area contributed by atoms with Crippen molar-refractivity contribution in [1.82, 2.24) is 35.4 Å². The van der Waals surface area contributed by atoms with Crippen LogP contribution in [0.15, 0.2) is 30.3 Å². The van der Waals surface area contributed by atoms with Gasteiger partial charge in [0.1, 0.15) is 0 Å². The number of benzene rings is 1. The van der Waals surface area contributed by atoms with Gasteiger partial charge in [0.05, 0.1) is 23.1 Å². The Hall–Kier alpha value is -2.71. The molecule has 9 heteroatoms. The van der Waals surface area contributed by atoms with E-state index in [9.17, 15) is 4.79 Å². The molecule has 0 bridgehead atoms. The van der Waals surface area contributed by atoms with Gasteiger partial charge in [-0.2, -0.15) is 5.10 Å². The van der Waals surface area contributed by atoms with Crippen molar-refractivity contribution >= 4 is 18.3 Å². The van der Waals surface area contributed by atoms with Crippen molar-refractivity contribution < 1.29 is 4.79 Å². The first kappa shape index (κ1) is 22.0. The zero-order valence-corrected chi connectivity index (χ0v) is 18.4. The Morgan fingerprint density at radius 1 is 1.20 bits per heavy atom. The zero-order valence-electron chi connectivity index (χ0n) is 17.6. The summed E-state index contributed by atoms with van der Waals surface area (Å²) in [5.74, 6) is -0.203. The molecular weight excluding hydrogens is 402 g/mol. The third-order valence-electron chi connectivity index (χ3n) is 5.47. The van der Waals surface area contributed by atoms with Crippen LogP contribution in [0.4, 0.5) is 0 Å². The lowest BCUT2D eigenvalue weighted by Gasteiger charge is -2.23. The Morgan fingerprint density at radius 3 is 2.63 bits per heavy atom. The standard InChI is InChI=1S/C21H27N7O.ClH/c1-14-12-15(2)27(25-14)19-7-5-4-6-17(19)13-23-21(29)20-16(3)28(26-24-20)18-8-10-22-11-9-18;/h4-7,12,18,22H,8-11,13H2,1-3H3,(H,23,29);1H. The molecule has 0 unspecified atom stereocenters. The lowest BCUT2D eigenvalue weighted by Crippen LogP contribution is -2.30. The molecule has 8 nitrogen and oxygen atoms in total. The van der Waals surface area contributed by atoms with Gasteiger partial charge in [-0.15, -0.1) is 17.5 Å². The summed E-state index contributed by atoms with van der Waals surface area (Å²) in [4.78, 5) is 12.8. The van der Waals surface area contributed by atoms with Crippen molar-refractivity contribution in [3.8, 4) is 5.69 Å². The topological polar surface area (TPSA) is 89.7 Å². The van der Waals surface area contributed by atoms with Gasteiger partial charge in [-0.3, -0.25) is 4.79 Å². The Bertz CT molecular complexity index is 1020. The molecule has 30 heavy (non-hydrogen) atoms. The molecule has 4 rings (SSSR count). The van der Waals surface area contributed by atoms with Gasteiger partial charge in [-0.05, 0) is 64.4 Å². The van der Waals surface area contributed by atoms with Gasteiger partial charge in [0.15, 0.2) is 5.69 Å². The van der Waals surface area contributed by atoms with Crippen molar-refractivity contribution in [2.24, 2.45) is 0 Å². The van der Waals surface area contributed by atoms with E-state index in [-0.39, 0.29) is 18.3 Å². The van der Waals surface area contributed by atoms with Gasteiger partial charge in [-0.1, -0.05) is 23.4 Å². The molecule has 0 spiro atoms. The third kappa shape index (κ3) is 4.39. The number of nitrogens with one attached hydrogen (secondary N) is 2. The number of para-hydroxylation sites is 1. The first-order valence-electron chi connectivity index (χ1n) is 10.1. The Balaban J connectivity index is 0.00000256. The second-order valence-corrected chi connectivity index (χ2v) is 7.60. The maximum atomic E-state index is 12.8. The lowest BCUT2D eigenvalue weighted by molar-refractivity contribution is 0.0945. The largest absolute Gasteiger partial charge is 0.346 e. The molecule has 3 heterocycles. The van der Waals surface area contributed by atoms with Crippen molar-refractivity contribution in [2.75, 3.05) is 13.1 Å². The number of carbonyl (C=O) groups excluding carboxylic acids is 1. The summed E-state index contributed by atoms with van der Waals surface area (Å²) in [6.45, 7) is 8.25. The average molecular weight is 430 g/mol. The fourth-order valence-electron chi connectivity index (χ4n) is 3.95. The van der Waals surface area contributed by atoms with E-state index in [0.29, 0.717) is 18.3 Å². The highest BCUT2D eigenvalue weighted by atomic mass is 35.5. The minimum atomic E-state index is -0.203. The number of halogens is 1. The molecular formula is C21H28ClN7O. The number of nitrogens with zero attached hydrogens (tertiary/aromatic N) is 5. The van der Waals surface area contributed by atoms with Crippen molar-refractivity contribution in [1.29, 1.82) is 0 Å². The van der Waals surface area contributed by atoms with Crippen molar-refractivity contribution in [3.63, 3.8) is 0 Å². The Labute approximate surface area is 182 Å². The minimum Gasteiger partial charge on any atom is -0.346 e. The van der Waals surface area contributed by atoms with E-state index in [1.54, 1.807) is 0 Å². The Morgan fingerprint density at radius 2 is 1.93 bits per heavy atom. The number of rotatable bonds is 5. The second-order valence-electron chi connectivity index (χ2n) is 7.60. The van der Waals surface area contributed by atoms with Crippen LogP contribution in [-0.2, 0) is 6.54 Å². The SMILES string of the molecule is Cc1cc(C)n(-c2ccccc2CNC(=O)c2nnn(C3CCNCC3)c2C)n1.Cl. The predicted octanol–water partition coefficient (Wildman–Crippen LogP) is 2.67. The maximum Gasteiger partial charge on any atom is 0.274 e. The number of carbonyl (C=O) groups is 1. The molecule has 0 saturated carbocycles. The normalized spacial score (nSPS) is 14.4. The fraction of sp³-hybridized carbons (Fsp3) is 0.429. The summed E-state index contributed by atoms with van der Waals surface area (Å²) in [7, 11) is 0. The number of hydrogen-bond donors (Lipinski definition) is 2. The van der Waals surface area contributed by atoms with Gasteiger partial charge in [0.25, 0.3) is 5.91 Å². The van der Waals surface area contributed by atoms with Crippen LogP contribution >= 0.6 is 12.4 Å².